The summed E-state index contributed by atoms with van der Waals surface area (Å²) in [6.45, 7) is 38.3. The summed E-state index contributed by atoms with van der Waals surface area (Å²) in [5.74, 6) is 0. The fraction of sp³-hybridized carbons (Fsp3) is 0.931. The van der Waals surface area contributed by atoms with Crippen molar-refractivity contribution in [3.05, 3.63) is 12.2 Å². The van der Waals surface area contributed by atoms with Crippen molar-refractivity contribution in [2.45, 2.75) is 142 Å². The highest BCUT2D eigenvalue weighted by atomic mass is 14.5. The standard InChI is InChI=1S/C29H58/c1-16-29(15,21-27(11,12)19-25(7,8)17-23(2)3)22-28(13,14)20-26(9,10)18-24(4,5)6/h2,16-22H2,1,3-15H3/t29-/m0/s1. The average molecular weight is 407 g/mol. The third kappa shape index (κ3) is 12.9. The predicted octanol–water partition coefficient (Wildman–Crippen LogP) is 10.5. The summed E-state index contributed by atoms with van der Waals surface area (Å²) in [7, 11) is 0. The zero-order chi connectivity index (χ0) is 23.5. The summed E-state index contributed by atoms with van der Waals surface area (Å²) in [5, 5.41) is 0. The topological polar surface area (TPSA) is 0 Å². The van der Waals surface area contributed by atoms with Crippen molar-refractivity contribution in [3.63, 3.8) is 0 Å². The van der Waals surface area contributed by atoms with Crippen LogP contribution in [0.15, 0.2) is 12.2 Å². The molecular weight excluding hydrogens is 348 g/mol. The number of hydrogen-bond donors (Lipinski definition) is 0. The van der Waals surface area contributed by atoms with E-state index in [0.717, 1.165) is 6.42 Å². The van der Waals surface area contributed by atoms with Gasteiger partial charge in [0.1, 0.15) is 0 Å². The summed E-state index contributed by atoms with van der Waals surface area (Å²) in [4.78, 5) is 0. The van der Waals surface area contributed by atoms with Gasteiger partial charge in [0.05, 0.1) is 0 Å². The summed E-state index contributed by atoms with van der Waals surface area (Å²) < 4.78 is 0. The van der Waals surface area contributed by atoms with Gasteiger partial charge < -0.3 is 0 Å². The van der Waals surface area contributed by atoms with Gasteiger partial charge in [-0.05, 0) is 77.9 Å². The van der Waals surface area contributed by atoms with E-state index in [1.54, 1.807) is 0 Å². The third-order valence-corrected chi connectivity index (χ3v) is 6.37. The molecule has 0 saturated heterocycles. The maximum Gasteiger partial charge on any atom is -0.0274 e. The maximum atomic E-state index is 4.17. The SMILES string of the molecule is C=C(C)CC(C)(C)CC(C)(C)C[C@](C)(CC)CC(C)(C)CC(C)(C)CC(C)(C)C. The van der Waals surface area contributed by atoms with Gasteiger partial charge in [0.15, 0.2) is 0 Å². The highest BCUT2D eigenvalue weighted by Crippen LogP contribution is 2.52. The van der Waals surface area contributed by atoms with E-state index in [1.165, 1.54) is 44.1 Å². The molecule has 174 valence electrons. The zero-order valence-corrected chi connectivity index (χ0v) is 23.2. The van der Waals surface area contributed by atoms with Gasteiger partial charge in [0.25, 0.3) is 0 Å². The van der Waals surface area contributed by atoms with Crippen LogP contribution in [0.2, 0.25) is 0 Å². The smallest absolute Gasteiger partial charge is 0.0274 e. The van der Waals surface area contributed by atoms with Crippen LogP contribution in [-0.2, 0) is 0 Å². The van der Waals surface area contributed by atoms with E-state index in [-0.39, 0.29) is 0 Å². The first-order chi connectivity index (χ1) is 12.5. The van der Waals surface area contributed by atoms with E-state index < -0.39 is 0 Å². The lowest BCUT2D eigenvalue weighted by Crippen LogP contribution is -2.35. The van der Waals surface area contributed by atoms with Gasteiger partial charge in [-0.25, -0.2) is 0 Å². The Morgan fingerprint density at radius 2 is 0.897 bits per heavy atom. The van der Waals surface area contributed by atoms with Crippen molar-refractivity contribution >= 4 is 0 Å². The number of hydrogen-bond acceptors (Lipinski definition) is 0. The Hall–Kier alpha value is -0.260. The maximum absolute atomic E-state index is 4.17. The van der Waals surface area contributed by atoms with Gasteiger partial charge >= 0.3 is 0 Å². The fourth-order valence-corrected chi connectivity index (χ4v) is 7.72. The minimum absolute atomic E-state index is 0.328. The van der Waals surface area contributed by atoms with E-state index in [2.05, 4.69) is 104 Å². The molecule has 0 nitrogen and oxygen atoms in total. The number of rotatable bonds is 12. The highest BCUT2D eigenvalue weighted by molar-refractivity contribution is 4.97. The second-order valence-electron chi connectivity index (χ2n) is 15.4. The molecule has 0 aromatic heterocycles. The molecular formula is C29H58. The minimum Gasteiger partial charge on any atom is -0.100 e. The molecule has 29 heavy (non-hydrogen) atoms. The van der Waals surface area contributed by atoms with Crippen molar-refractivity contribution < 1.29 is 0 Å². The Balaban J connectivity index is 5.31. The molecule has 0 aliphatic carbocycles. The molecule has 0 saturated carbocycles. The first-order valence-corrected chi connectivity index (χ1v) is 12.2. The lowest BCUT2D eigenvalue weighted by atomic mass is 9.59. The Morgan fingerprint density at radius 3 is 1.21 bits per heavy atom. The van der Waals surface area contributed by atoms with Crippen LogP contribution in [0.5, 0.6) is 0 Å². The highest BCUT2D eigenvalue weighted by Gasteiger charge is 2.40. The Bertz CT molecular complexity index is 521. The molecule has 0 aromatic carbocycles. The minimum atomic E-state index is 0.328. The van der Waals surface area contributed by atoms with Crippen molar-refractivity contribution in [3.8, 4) is 0 Å². The summed E-state index contributed by atoms with van der Waals surface area (Å²) >= 11 is 0. The van der Waals surface area contributed by atoms with E-state index in [4.69, 9.17) is 0 Å². The van der Waals surface area contributed by atoms with Crippen molar-refractivity contribution in [1.82, 2.24) is 0 Å². The molecule has 0 aromatic rings. The zero-order valence-electron chi connectivity index (χ0n) is 23.2. The van der Waals surface area contributed by atoms with Gasteiger partial charge in [0.2, 0.25) is 0 Å². The van der Waals surface area contributed by atoms with Crippen LogP contribution in [0.3, 0.4) is 0 Å². The van der Waals surface area contributed by atoms with Crippen LogP contribution in [0.4, 0.5) is 0 Å². The van der Waals surface area contributed by atoms with E-state index in [9.17, 15) is 0 Å². The molecule has 0 bridgehead atoms. The van der Waals surface area contributed by atoms with Gasteiger partial charge in [-0.1, -0.05) is 102 Å². The first-order valence-electron chi connectivity index (χ1n) is 12.2. The summed E-state index contributed by atoms with van der Waals surface area (Å²) in [6, 6.07) is 0. The monoisotopic (exact) mass is 406 g/mol. The molecule has 0 N–H and O–H groups in total. The van der Waals surface area contributed by atoms with Gasteiger partial charge in [0, 0.05) is 0 Å². The normalized spacial score (nSPS) is 16.6. The molecule has 0 rings (SSSR count). The Morgan fingerprint density at radius 1 is 0.552 bits per heavy atom. The second-order valence-corrected chi connectivity index (χ2v) is 15.4. The van der Waals surface area contributed by atoms with Crippen LogP contribution in [-0.4, -0.2) is 0 Å². The average Bonchev–Trinajstić information content (AvgIpc) is 2.27. The lowest BCUT2D eigenvalue weighted by molar-refractivity contribution is 0.0474. The predicted molar refractivity (Wildman–Crippen MR) is 135 cm³/mol. The van der Waals surface area contributed by atoms with Crippen LogP contribution >= 0.6 is 0 Å². The molecule has 0 aliphatic rings. The van der Waals surface area contributed by atoms with Crippen LogP contribution in [0, 0.1) is 32.5 Å². The van der Waals surface area contributed by atoms with Crippen LogP contribution < -0.4 is 0 Å². The van der Waals surface area contributed by atoms with Crippen molar-refractivity contribution in [1.29, 1.82) is 0 Å². The molecule has 0 radical (unpaired) electrons. The van der Waals surface area contributed by atoms with Crippen molar-refractivity contribution in [2.24, 2.45) is 32.5 Å². The van der Waals surface area contributed by atoms with E-state index in [1.807, 2.05) is 0 Å². The Labute approximate surface area is 186 Å². The molecule has 0 fully saturated rings. The van der Waals surface area contributed by atoms with E-state index in [0.29, 0.717) is 32.5 Å². The Kier molecular flexibility index (Phi) is 9.40. The molecule has 0 aliphatic heterocycles. The second kappa shape index (κ2) is 9.48. The lowest BCUT2D eigenvalue weighted by Gasteiger charge is -2.46. The summed E-state index contributed by atoms with van der Waals surface area (Å²) in [6.07, 6.45) is 8.86. The fourth-order valence-electron chi connectivity index (χ4n) is 7.72. The third-order valence-electron chi connectivity index (χ3n) is 6.37. The molecule has 0 heteroatoms. The van der Waals surface area contributed by atoms with Crippen LogP contribution in [0.25, 0.3) is 0 Å². The van der Waals surface area contributed by atoms with Crippen LogP contribution in [0.1, 0.15) is 142 Å². The molecule has 0 amide bonds. The van der Waals surface area contributed by atoms with E-state index >= 15 is 0 Å². The van der Waals surface area contributed by atoms with Gasteiger partial charge in [-0.3, -0.25) is 0 Å². The van der Waals surface area contributed by atoms with Crippen molar-refractivity contribution in [2.75, 3.05) is 0 Å². The molecule has 1 atom stereocenters. The molecule has 0 heterocycles. The first kappa shape index (κ1) is 28.7. The van der Waals surface area contributed by atoms with Gasteiger partial charge in [-0.15, -0.1) is 6.58 Å². The molecule has 0 spiro atoms. The number of allylic oxidation sites excluding steroid dienone is 1. The van der Waals surface area contributed by atoms with Gasteiger partial charge in [-0.2, -0.15) is 0 Å². The largest absolute Gasteiger partial charge is 0.100 e. The quantitative estimate of drug-likeness (QED) is 0.283. The molecule has 0 unspecified atom stereocenters. The summed E-state index contributed by atoms with van der Waals surface area (Å²) in [5.41, 5.74) is 3.52.